The minimum atomic E-state index is -3.00. The minimum Gasteiger partial charge on any atom is -0.444 e. The monoisotopic (exact) mass is 521 g/mol. The van der Waals surface area contributed by atoms with Gasteiger partial charge in [-0.05, 0) is 6.42 Å². The molecule has 0 unspecified atom stereocenters. The first-order valence-corrected chi connectivity index (χ1v) is 13.2. The van der Waals surface area contributed by atoms with Crippen molar-refractivity contribution in [2.75, 3.05) is 36.6 Å². The predicted molar refractivity (Wildman–Crippen MR) is 132 cm³/mol. The Hall–Kier alpha value is -3.81. The molecule has 3 rings (SSSR count). The number of hydrogen-bond donors (Lipinski definition) is 3. The summed E-state index contributed by atoms with van der Waals surface area (Å²) in [5.41, 5.74) is 6.82. The lowest BCUT2D eigenvalue weighted by Gasteiger charge is -2.27. The molecule has 0 radical (unpaired) electrons. The molecule has 1 aromatic heterocycles. The summed E-state index contributed by atoms with van der Waals surface area (Å²) in [5, 5.41) is 13.1. The lowest BCUT2D eigenvalue weighted by atomic mass is 10.1. The summed E-state index contributed by atoms with van der Waals surface area (Å²) in [5.74, 6) is -0.564. The molecule has 2 aromatic rings. The number of oxime groups is 1. The summed E-state index contributed by atoms with van der Waals surface area (Å²) in [4.78, 5) is 27.5. The maximum absolute atomic E-state index is 15.0. The first kappa shape index (κ1) is 26.8. The number of amides is 1. The van der Waals surface area contributed by atoms with Crippen LogP contribution in [0.2, 0.25) is 0 Å². The number of alkyl carbamates (subject to hydrolysis) is 1. The number of carbonyl (C=O) groups excluding carboxylic acids is 1. The van der Waals surface area contributed by atoms with Gasteiger partial charge in [0.2, 0.25) is 5.95 Å². The van der Waals surface area contributed by atoms with Gasteiger partial charge in [0.1, 0.15) is 28.9 Å². The van der Waals surface area contributed by atoms with Crippen LogP contribution in [0, 0.1) is 11.2 Å². The van der Waals surface area contributed by atoms with Crippen LogP contribution in [0.1, 0.15) is 24.8 Å². The fourth-order valence-electron chi connectivity index (χ4n) is 3.41. The first-order valence-electron chi connectivity index (χ1n) is 11.1. The number of hydrogen-bond acceptors (Lipinski definition) is 10. The van der Waals surface area contributed by atoms with Gasteiger partial charge in [-0.15, -0.1) is 0 Å². The molecule has 0 spiro atoms. The number of halogens is 1. The van der Waals surface area contributed by atoms with Gasteiger partial charge in [-0.3, -0.25) is 10.7 Å². The molecule has 2 heterocycles. The molecule has 0 saturated carbocycles. The smallest absolute Gasteiger partial charge is 0.414 e. The SMILES string of the molecule is CS(=O)(=O)CCCON=C1CCN(c2ncc(-c3cccc(COC(=O)NC(=N)N)c3F)cn2)CC1. The van der Waals surface area contributed by atoms with Crippen LogP contribution in [-0.2, 0) is 26.0 Å². The van der Waals surface area contributed by atoms with E-state index in [1.54, 1.807) is 12.1 Å². The van der Waals surface area contributed by atoms with Crippen LogP contribution in [0.3, 0.4) is 0 Å². The molecule has 1 fully saturated rings. The van der Waals surface area contributed by atoms with Gasteiger partial charge in [0.25, 0.3) is 0 Å². The van der Waals surface area contributed by atoms with Gasteiger partial charge in [-0.2, -0.15) is 0 Å². The minimum absolute atomic E-state index is 0.0687. The summed E-state index contributed by atoms with van der Waals surface area (Å²) < 4.78 is 42.1. The number of sulfone groups is 1. The van der Waals surface area contributed by atoms with E-state index >= 15 is 0 Å². The van der Waals surface area contributed by atoms with Gasteiger partial charge in [-0.25, -0.2) is 27.6 Å². The zero-order chi connectivity index (χ0) is 26.1. The molecule has 1 aromatic carbocycles. The van der Waals surface area contributed by atoms with Crippen molar-refractivity contribution in [3.8, 4) is 11.1 Å². The molecular formula is C22H28FN7O5S. The van der Waals surface area contributed by atoms with Gasteiger partial charge in [-0.1, -0.05) is 23.4 Å². The molecule has 1 saturated heterocycles. The standard InChI is InChI=1S/C22H28FN7O5S/c1-36(32,33)11-3-10-35-29-17-6-8-30(9-7-17)21-26-12-16(13-27-21)18-5-2-4-15(19(18)23)14-34-22(31)28-20(24)25/h2,4-5,12-13H,3,6-11,14H2,1H3,(H4,24,25,28,31). The average molecular weight is 522 g/mol. The Kier molecular flexibility index (Phi) is 9.11. The summed E-state index contributed by atoms with van der Waals surface area (Å²) in [6.45, 7) is 1.18. The second kappa shape index (κ2) is 12.2. The molecule has 1 aliphatic heterocycles. The van der Waals surface area contributed by atoms with Gasteiger partial charge < -0.3 is 20.2 Å². The number of aromatic nitrogens is 2. The molecule has 1 amide bonds. The molecule has 12 nitrogen and oxygen atoms in total. The van der Waals surface area contributed by atoms with Crippen molar-refractivity contribution in [2.24, 2.45) is 10.9 Å². The average Bonchev–Trinajstić information content (AvgIpc) is 2.83. The van der Waals surface area contributed by atoms with Crippen molar-refractivity contribution in [1.29, 1.82) is 5.41 Å². The molecule has 1 aliphatic rings. The maximum atomic E-state index is 15.0. The van der Waals surface area contributed by atoms with E-state index in [2.05, 4.69) is 15.1 Å². The normalized spacial score (nSPS) is 13.7. The number of guanidine groups is 1. The third kappa shape index (κ3) is 8.15. The molecule has 36 heavy (non-hydrogen) atoms. The van der Waals surface area contributed by atoms with Crippen LogP contribution in [0.25, 0.3) is 11.1 Å². The highest BCUT2D eigenvalue weighted by Crippen LogP contribution is 2.25. The number of nitrogens with one attached hydrogen (secondary N) is 2. The number of benzene rings is 1. The second-order valence-corrected chi connectivity index (χ2v) is 10.4. The largest absolute Gasteiger partial charge is 0.444 e. The lowest BCUT2D eigenvalue weighted by molar-refractivity contribution is 0.143. The van der Waals surface area contributed by atoms with Crippen molar-refractivity contribution >= 4 is 33.6 Å². The molecular weight excluding hydrogens is 493 g/mol. The fourth-order valence-corrected chi connectivity index (χ4v) is 4.05. The quantitative estimate of drug-likeness (QED) is 0.192. The van der Waals surface area contributed by atoms with E-state index in [-0.39, 0.29) is 30.1 Å². The number of rotatable bonds is 9. The number of ether oxygens (including phenoxy) is 1. The molecule has 0 aliphatic carbocycles. The number of nitrogens with zero attached hydrogens (tertiary/aromatic N) is 4. The first-order chi connectivity index (χ1) is 17.1. The number of carbonyl (C=O) groups is 1. The summed E-state index contributed by atoms with van der Waals surface area (Å²) in [6.07, 6.45) is 5.01. The summed E-state index contributed by atoms with van der Waals surface area (Å²) in [6, 6.07) is 4.69. The Morgan fingerprint density at radius 2 is 1.97 bits per heavy atom. The summed E-state index contributed by atoms with van der Waals surface area (Å²) in [7, 11) is -3.00. The zero-order valence-electron chi connectivity index (χ0n) is 19.7. The maximum Gasteiger partial charge on any atom is 0.414 e. The van der Waals surface area contributed by atoms with Gasteiger partial charge in [0, 0.05) is 61.3 Å². The number of anilines is 1. The Balaban J connectivity index is 1.54. The van der Waals surface area contributed by atoms with Crippen molar-refractivity contribution < 1.29 is 27.2 Å². The van der Waals surface area contributed by atoms with Gasteiger partial charge in [0.05, 0.1) is 11.5 Å². The zero-order valence-corrected chi connectivity index (χ0v) is 20.6. The molecule has 0 bridgehead atoms. The fraction of sp³-hybridized carbons (Fsp3) is 0.409. The van der Waals surface area contributed by atoms with Crippen LogP contribution in [0.5, 0.6) is 0 Å². The lowest BCUT2D eigenvalue weighted by Crippen LogP contribution is -2.36. The Bertz CT molecular complexity index is 1210. The Labute approximate surface area is 208 Å². The summed E-state index contributed by atoms with van der Waals surface area (Å²) >= 11 is 0. The predicted octanol–water partition coefficient (Wildman–Crippen LogP) is 1.81. The Morgan fingerprint density at radius 1 is 1.28 bits per heavy atom. The van der Waals surface area contributed by atoms with Crippen molar-refractivity contribution in [3.05, 3.63) is 42.0 Å². The van der Waals surface area contributed by atoms with E-state index in [1.807, 2.05) is 10.2 Å². The van der Waals surface area contributed by atoms with E-state index in [0.29, 0.717) is 43.9 Å². The van der Waals surface area contributed by atoms with E-state index in [0.717, 1.165) is 5.71 Å². The topological polar surface area (TPSA) is 173 Å². The van der Waals surface area contributed by atoms with Crippen LogP contribution in [-0.4, -0.2) is 67.9 Å². The molecule has 0 atom stereocenters. The van der Waals surface area contributed by atoms with E-state index in [4.69, 9.17) is 20.7 Å². The van der Waals surface area contributed by atoms with E-state index in [1.165, 1.54) is 24.7 Å². The molecule has 4 N–H and O–H groups in total. The third-order valence-electron chi connectivity index (χ3n) is 5.19. The van der Waals surface area contributed by atoms with E-state index < -0.39 is 27.7 Å². The molecule has 194 valence electrons. The number of piperidine rings is 1. The van der Waals surface area contributed by atoms with Crippen LogP contribution >= 0.6 is 0 Å². The highest BCUT2D eigenvalue weighted by atomic mass is 32.2. The Morgan fingerprint density at radius 3 is 2.61 bits per heavy atom. The van der Waals surface area contributed by atoms with Crippen molar-refractivity contribution in [1.82, 2.24) is 15.3 Å². The highest BCUT2D eigenvalue weighted by Gasteiger charge is 2.19. The highest BCUT2D eigenvalue weighted by molar-refractivity contribution is 7.90. The van der Waals surface area contributed by atoms with Crippen LogP contribution in [0.4, 0.5) is 15.1 Å². The van der Waals surface area contributed by atoms with Gasteiger partial charge in [0.15, 0.2) is 5.96 Å². The third-order valence-corrected chi connectivity index (χ3v) is 6.22. The van der Waals surface area contributed by atoms with E-state index in [9.17, 15) is 17.6 Å². The van der Waals surface area contributed by atoms with Crippen LogP contribution < -0.4 is 16.0 Å². The van der Waals surface area contributed by atoms with Crippen molar-refractivity contribution in [3.63, 3.8) is 0 Å². The molecule has 14 heteroatoms. The number of nitrogens with two attached hydrogens (primary N) is 1. The van der Waals surface area contributed by atoms with Crippen LogP contribution in [0.15, 0.2) is 35.7 Å². The second-order valence-electron chi connectivity index (χ2n) is 8.13. The van der Waals surface area contributed by atoms with Crippen molar-refractivity contribution in [2.45, 2.75) is 25.9 Å². The van der Waals surface area contributed by atoms with Gasteiger partial charge >= 0.3 is 6.09 Å².